The number of rotatable bonds is 2. The van der Waals surface area contributed by atoms with E-state index < -0.39 is 0 Å². The predicted molar refractivity (Wildman–Crippen MR) is 80.6 cm³/mol. The minimum Gasteiger partial charge on any atom is -0.344 e. The Balaban J connectivity index is 2.38. The van der Waals surface area contributed by atoms with Gasteiger partial charge in [0.25, 0.3) is 5.91 Å². The van der Waals surface area contributed by atoms with Crippen LogP contribution in [0.5, 0.6) is 0 Å². The van der Waals surface area contributed by atoms with E-state index in [2.05, 4.69) is 29.9 Å². The molecule has 1 aliphatic rings. The summed E-state index contributed by atoms with van der Waals surface area (Å²) in [6.07, 6.45) is 3.56. The lowest BCUT2D eigenvalue weighted by atomic mass is 9.88. The number of hydrogen-bond acceptors (Lipinski definition) is 2. The lowest BCUT2D eigenvalue weighted by Gasteiger charge is -2.22. The summed E-state index contributed by atoms with van der Waals surface area (Å²) in [4.78, 5) is 12.0. The van der Waals surface area contributed by atoms with Crippen molar-refractivity contribution in [3.05, 3.63) is 35.0 Å². The van der Waals surface area contributed by atoms with Crippen LogP contribution in [-0.4, -0.2) is 10.5 Å². The van der Waals surface area contributed by atoms with Crippen LogP contribution in [-0.2, 0) is 13.0 Å². The first-order valence-corrected chi connectivity index (χ1v) is 7.34. The Morgan fingerprint density at radius 1 is 1.50 bits per heavy atom. The number of nitrogens with two attached hydrogens (primary N) is 1. The molecule has 20 heavy (non-hydrogen) atoms. The summed E-state index contributed by atoms with van der Waals surface area (Å²) in [5.74, 6) is 5.67. The van der Waals surface area contributed by atoms with Gasteiger partial charge in [-0.05, 0) is 43.7 Å². The highest BCUT2D eigenvalue weighted by atomic mass is 16.2. The monoisotopic (exact) mass is 271 g/mol. The summed E-state index contributed by atoms with van der Waals surface area (Å²) in [5.41, 5.74) is 6.81. The molecule has 106 valence electrons. The zero-order valence-corrected chi connectivity index (χ0v) is 12.1. The third kappa shape index (κ3) is 1.75. The summed E-state index contributed by atoms with van der Waals surface area (Å²) >= 11 is 0. The van der Waals surface area contributed by atoms with E-state index in [0.717, 1.165) is 18.5 Å². The molecule has 0 fully saturated rings. The number of fused-ring (bicyclic) bond motifs is 3. The van der Waals surface area contributed by atoms with Crippen LogP contribution in [0.15, 0.2) is 18.2 Å². The van der Waals surface area contributed by atoms with Gasteiger partial charge in [0.05, 0.1) is 11.1 Å². The fourth-order valence-electron chi connectivity index (χ4n) is 3.64. The average molecular weight is 271 g/mol. The van der Waals surface area contributed by atoms with Crippen molar-refractivity contribution in [1.82, 2.24) is 9.99 Å². The molecule has 1 aromatic carbocycles. The molecule has 0 aliphatic heterocycles. The van der Waals surface area contributed by atoms with Gasteiger partial charge in [-0.25, -0.2) is 5.84 Å². The van der Waals surface area contributed by atoms with Gasteiger partial charge in [-0.15, -0.1) is 0 Å². The third-order valence-corrected chi connectivity index (χ3v) is 4.45. The molecule has 1 heterocycles. The number of nitrogen functional groups attached to an aromatic ring is 1. The zero-order chi connectivity index (χ0) is 14.3. The number of hydrogen-bond donors (Lipinski definition) is 2. The summed E-state index contributed by atoms with van der Waals surface area (Å²) in [7, 11) is 0. The fraction of sp³-hybridized carbons (Fsp3) is 0.438. The lowest BCUT2D eigenvalue weighted by Crippen LogP contribution is -2.30. The van der Waals surface area contributed by atoms with E-state index in [-0.39, 0.29) is 5.91 Å². The zero-order valence-electron chi connectivity index (χ0n) is 12.1. The van der Waals surface area contributed by atoms with Crippen molar-refractivity contribution in [3.63, 3.8) is 0 Å². The Bertz CT molecular complexity index is 672. The van der Waals surface area contributed by atoms with E-state index >= 15 is 0 Å². The molecule has 0 saturated carbocycles. The van der Waals surface area contributed by atoms with Crippen LogP contribution in [0.4, 0.5) is 0 Å². The molecule has 1 atom stereocenters. The third-order valence-electron chi connectivity index (χ3n) is 4.45. The molecule has 0 spiro atoms. The van der Waals surface area contributed by atoms with Gasteiger partial charge < -0.3 is 4.57 Å². The van der Waals surface area contributed by atoms with Crippen molar-refractivity contribution >= 4 is 16.8 Å². The molecule has 0 radical (unpaired) electrons. The van der Waals surface area contributed by atoms with Gasteiger partial charge in [-0.1, -0.05) is 19.1 Å². The molecular formula is C16H21N3O. The minimum absolute atomic E-state index is 0.215. The quantitative estimate of drug-likeness (QED) is 0.501. The number of aryl methyl sites for hydroxylation is 2. The Kier molecular flexibility index (Phi) is 3.26. The molecule has 1 aromatic heterocycles. The van der Waals surface area contributed by atoms with Crippen molar-refractivity contribution in [2.75, 3.05) is 0 Å². The van der Waals surface area contributed by atoms with Gasteiger partial charge in [0.15, 0.2) is 0 Å². The summed E-state index contributed by atoms with van der Waals surface area (Å²) < 4.78 is 2.30. The molecule has 1 amide bonds. The molecule has 0 saturated heterocycles. The SMILES string of the molecule is CCn1c2c(c3cccc(C(=O)NN)c31)CCCC2C. The summed E-state index contributed by atoms with van der Waals surface area (Å²) in [6, 6.07) is 5.94. The summed E-state index contributed by atoms with van der Waals surface area (Å²) in [5, 5.41) is 1.22. The van der Waals surface area contributed by atoms with Gasteiger partial charge in [-0.2, -0.15) is 0 Å². The van der Waals surface area contributed by atoms with Crippen LogP contribution in [0, 0.1) is 0 Å². The van der Waals surface area contributed by atoms with E-state index in [4.69, 9.17) is 5.84 Å². The number of amides is 1. The van der Waals surface area contributed by atoms with E-state index in [1.807, 2.05) is 12.1 Å². The van der Waals surface area contributed by atoms with Gasteiger partial charge in [0.1, 0.15) is 0 Å². The van der Waals surface area contributed by atoms with Crippen LogP contribution < -0.4 is 11.3 Å². The van der Waals surface area contributed by atoms with E-state index in [1.165, 1.54) is 29.5 Å². The first-order valence-electron chi connectivity index (χ1n) is 7.34. The molecule has 3 N–H and O–H groups in total. The number of hydrazine groups is 1. The summed E-state index contributed by atoms with van der Waals surface area (Å²) in [6.45, 7) is 5.30. The highest BCUT2D eigenvalue weighted by Crippen LogP contribution is 2.39. The first-order chi connectivity index (χ1) is 9.69. The maximum Gasteiger partial charge on any atom is 0.267 e. The highest BCUT2D eigenvalue weighted by molar-refractivity contribution is 6.07. The minimum atomic E-state index is -0.215. The smallest absolute Gasteiger partial charge is 0.267 e. The number of carbonyl (C=O) groups excluding carboxylic acids is 1. The molecule has 4 heteroatoms. The number of benzene rings is 1. The maximum absolute atomic E-state index is 12.0. The number of aromatic nitrogens is 1. The van der Waals surface area contributed by atoms with Crippen molar-refractivity contribution < 1.29 is 4.79 Å². The molecule has 2 aromatic rings. The highest BCUT2D eigenvalue weighted by Gasteiger charge is 2.26. The molecule has 0 bridgehead atoms. The second-order valence-corrected chi connectivity index (χ2v) is 5.58. The number of carbonyl (C=O) groups is 1. The number of nitrogens with zero attached hydrogens (tertiary/aromatic N) is 1. The van der Waals surface area contributed by atoms with E-state index in [9.17, 15) is 4.79 Å². The van der Waals surface area contributed by atoms with Crippen molar-refractivity contribution in [3.8, 4) is 0 Å². The fourth-order valence-corrected chi connectivity index (χ4v) is 3.64. The van der Waals surface area contributed by atoms with Gasteiger partial charge in [-0.3, -0.25) is 10.2 Å². The van der Waals surface area contributed by atoms with Gasteiger partial charge in [0, 0.05) is 17.6 Å². The van der Waals surface area contributed by atoms with Gasteiger partial charge in [0.2, 0.25) is 0 Å². The lowest BCUT2D eigenvalue weighted by molar-refractivity contribution is 0.0955. The molecule has 3 rings (SSSR count). The van der Waals surface area contributed by atoms with E-state index in [1.54, 1.807) is 0 Å². The van der Waals surface area contributed by atoms with Crippen molar-refractivity contribution in [1.29, 1.82) is 0 Å². The maximum atomic E-state index is 12.0. The normalized spacial score (nSPS) is 18.1. The molecular weight excluding hydrogens is 250 g/mol. The molecule has 1 unspecified atom stereocenters. The topological polar surface area (TPSA) is 60.0 Å². The molecule has 4 nitrogen and oxygen atoms in total. The standard InChI is InChI=1S/C16H21N3O/c1-3-19-14-10(2)6-4-7-11(14)12-8-5-9-13(15(12)19)16(20)18-17/h5,8-10H,3-4,6-7,17H2,1-2H3,(H,18,20). The van der Waals surface area contributed by atoms with Crippen LogP contribution in [0.25, 0.3) is 10.9 Å². The first kappa shape index (κ1) is 13.2. The van der Waals surface area contributed by atoms with Crippen LogP contribution in [0.3, 0.4) is 0 Å². The Morgan fingerprint density at radius 3 is 3.00 bits per heavy atom. The average Bonchev–Trinajstić information content (AvgIpc) is 2.81. The van der Waals surface area contributed by atoms with Crippen molar-refractivity contribution in [2.45, 2.75) is 45.6 Å². The Morgan fingerprint density at radius 2 is 2.30 bits per heavy atom. The van der Waals surface area contributed by atoms with Crippen molar-refractivity contribution in [2.24, 2.45) is 5.84 Å². The van der Waals surface area contributed by atoms with Gasteiger partial charge >= 0.3 is 0 Å². The Hall–Kier alpha value is -1.81. The van der Waals surface area contributed by atoms with Crippen LogP contribution in [0.1, 0.15) is 54.2 Å². The second-order valence-electron chi connectivity index (χ2n) is 5.58. The second kappa shape index (κ2) is 4.94. The van der Waals surface area contributed by atoms with Crippen LogP contribution >= 0.6 is 0 Å². The van der Waals surface area contributed by atoms with E-state index in [0.29, 0.717) is 11.5 Å². The molecule has 1 aliphatic carbocycles. The largest absolute Gasteiger partial charge is 0.344 e. The number of nitrogens with one attached hydrogen (secondary N) is 1. The Labute approximate surface area is 118 Å². The number of para-hydroxylation sites is 1. The van der Waals surface area contributed by atoms with Crippen LogP contribution in [0.2, 0.25) is 0 Å². The predicted octanol–water partition coefficient (Wildman–Crippen LogP) is 2.70.